The molecule has 1 heterocycles. The molecule has 0 saturated carbocycles. The van der Waals surface area contributed by atoms with E-state index in [0.29, 0.717) is 12.6 Å². The van der Waals surface area contributed by atoms with Gasteiger partial charge in [-0.3, -0.25) is 4.68 Å². The van der Waals surface area contributed by atoms with E-state index in [4.69, 9.17) is 4.74 Å². The van der Waals surface area contributed by atoms with Crippen molar-refractivity contribution in [1.82, 2.24) is 15.1 Å². The Bertz CT molecular complexity index is 588. The molecule has 2 rings (SSSR count). The standard InChI is InChI=1S/C16H22BrN3O/c1-5-14(18-3)12-6-8-13(9-7-12)21-10-15-16(17)11(2)19-20(15)4/h6-9,14,18H,5,10H2,1-4H3. The van der Waals surface area contributed by atoms with E-state index in [0.717, 1.165) is 28.0 Å². The zero-order valence-electron chi connectivity index (χ0n) is 13.0. The maximum absolute atomic E-state index is 5.86. The zero-order chi connectivity index (χ0) is 15.4. The Morgan fingerprint density at radius 1 is 1.33 bits per heavy atom. The number of nitrogens with one attached hydrogen (secondary N) is 1. The van der Waals surface area contributed by atoms with Gasteiger partial charge in [-0.25, -0.2) is 0 Å². The Kier molecular flexibility index (Phi) is 5.42. The molecule has 1 N–H and O–H groups in total. The summed E-state index contributed by atoms with van der Waals surface area (Å²) in [7, 11) is 3.92. The summed E-state index contributed by atoms with van der Waals surface area (Å²) in [4.78, 5) is 0. The van der Waals surface area contributed by atoms with Crippen LogP contribution in [0.15, 0.2) is 28.7 Å². The summed E-state index contributed by atoms with van der Waals surface area (Å²) in [5, 5.41) is 7.67. The van der Waals surface area contributed by atoms with Crippen LogP contribution in [-0.2, 0) is 13.7 Å². The van der Waals surface area contributed by atoms with E-state index in [1.807, 2.05) is 37.8 Å². The zero-order valence-corrected chi connectivity index (χ0v) is 14.6. The van der Waals surface area contributed by atoms with Crippen LogP contribution in [0.1, 0.15) is 36.3 Å². The van der Waals surface area contributed by atoms with Crippen molar-refractivity contribution in [1.29, 1.82) is 0 Å². The van der Waals surface area contributed by atoms with Crippen molar-refractivity contribution in [2.24, 2.45) is 7.05 Å². The van der Waals surface area contributed by atoms with E-state index in [1.54, 1.807) is 0 Å². The molecule has 0 spiro atoms. The molecule has 0 amide bonds. The third-order valence-corrected chi connectivity index (χ3v) is 4.71. The van der Waals surface area contributed by atoms with Gasteiger partial charge in [0.15, 0.2) is 0 Å². The summed E-state index contributed by atoms with van der Waals surface area (Å²) in [5.74, 6) is 0.871. The molecule has 1 atom stereocenters. The number of rotatable bonds is 6. The Labute approximate surface area is 134 Å². The van der Waals surface area contributed by atoms with Gasteiger partial charge in [0.1, 0.15) is 12.4 Å². The Morgan fingerprint density at radius 3 is 2.48 bits per heavy atom. The molecule has 0 aliphatic heterocycles. The van der Waals surface area contributed by atoms with Crippen LogP contribution in [0, 0.1) is 6.92 Å². The largest absolute Gasteiger partial charge is 0.487 e. The van der Waals surface area contributed by atoms with E-state index in [9.17, 15) is 0 Å². The van der Waals surface area contributed by atoms with Crippen molar-refractivity contribution >= 4 is 15.9 Å². The third kappa shape index (κ3) is 3.66. The molecule has 4 nitrogen and oxygen atoms in total. The van der Waals surface area contributed by atoms with Crippen molar-refractivity contribution in [2.75, 3.05) is 7.05 Å². The van der Waals surface area contributed by atoms with Gasteiger partial charge >= 0.3 is 0 Å². The molecule has 0 fully saturated rings. The molecule has 1 aromatic heterocycles. The van der Waals surface area contributed by atoms with Crippen molar-refractivity contribution in [3.05, 3.63) is 45.7 Å². The minimum Gasteiger partial charge on any atom is -0.487 e. The molecule has 114 valence electrons. The minimum absolute atomic E-state index is 0.396. The van der Waals surface area contributed by atoms with Gasteiger partial charge < -0.3 is 10.1 Å². The van der Waals surface area contributed by atoms with Crippen LogP contribution < -0.4 is 10.1 Å². The minimum atomic E-state index is 0.396. The van der Waals surface area contributed by atoms with Gasteiger partial charge in [0, 0.05) is 13.1 Å². The summed E-state index contributed by atoms with van der Waals surface area (Å²) in [5.41, 5.74) is 3.30. The molecule has 0 bridgehead atoms. The summed E-state index contributed by atoms with van der Waals surface area (Å²) < 4.78 is 8.72. The number of halogens is 1. The fourth-order valence-electron chi connectivity index (χ4n) is 2.39. The van der Waals surface area contributed by atoms with Crippen LogP contribution >= 0.6 is 15.9 Å². The summed E-state index contributed by atoms with van der Waals surface area (Å²) in [6, 6.07) is 8.67. The number of aromatic nitrogens is 2. The maximum Gasteiger partial charge on any atom is 0.131 e. The Hall–Kier alpha value is -1.33. The molecule has 0 aliphatic rings. The number of benzene rings is 1. The van der Waals surface area contributed by atoms with Gasteiger partial charge in [-0.05, 0) is 54.0 Å². The number of nitrogens with zero attached hydrogens (tertiary/aromatic N) is 2. The summed E-state index contributed by atoms with van der Waals surface area (Å²) in [6.45, 7) is 4.65. The molecule has 1 unspecified atom stereocenters. The SMILES string of the molecule is CCC(NC)c1ccc(OCc2c(Br)c(C)nn2C)cc1. The lowest BCUT2D eigenvalue weighted by Crippen LogP contribution is -2.14. The van der Waals surface area contributed by atoms with Crippen LogP contribution in [-0.4, -0.2) is 16.8 Å². The lowest BCUT2D eigenvalue weighted by molar-refractivity contribution is 0.294. The molecule has 5 heteroatoms. The smallest absolute Gasteiger partial charge is 0.131 e. The average molecular weight is 352 g/mol. The average Bonchev–Trinajstić information content (AvgIpc) is 2.73. The Morgan fingerprint density at radius 2 is 2.00 bits per heavy atom. The first-order valence-electron chi connectivity index (χ1n) is 7.14. The molecule has 0 aliphatic carbocycles. The van der Waals surface area contributed by atoms with Crippen molar-refractivity contribution in [3.8, 4) is 5.75 Å². The molecular formula is C16H22BrN3O. The monoisotopic (exact) mass is 351 g/mol. The van der Waals surface area contributed by atoms with Crippen LogP contribution in [0.3, 0.4) is 0 Å². The summed E-state index contributed by atoms with van der Waals surface area (Å²) in [6.07, 6.45) is 1.07. The lowest BCUT2D eigenvalue weighted by Gasteiger charge is -2.15. The second kappa shape index (κ2) is 7.09. The number of hydrogen-bond acceptors (Lipinski definition) is 3. The predicted molar refractivity (Wildman–Crippen MR) is 88.5 cm³/mol. The van der Waals surface area contributed by atoms with E-state index in [1.165, 1.54) is 5.56 Å². The molecule has 21 heavy (non-hydrogen) atoms. The first-order chi connectivity index (χ1) is 10.1. The van der Waals surface area contributed by atoms with Crippen LogP contribution in [0.5, 0.6) is 5.75 Å². The topological polar surface area (TPSA) is 39.1 Å². The molecule has 1 aromatic carbocycles. The van der Waals surface area contributed by atoms with Crippen LogP contribution in [0.2, 0.25) is 0 Å². The number of aryl methyl sites for hydroxylation is 2. The van der Waals surface area contributed by atoms with Crippen molar-refractivity contribution in [2.45, 2.75) is 32.9 Å². The fraction of sp³-hybridized carbons (Fsp3) is 0.438. The van der Waals surface area contributed by atoms with Crippen molar-refractivity contribution < 1.29 is 4.74 Å². The first-order valence-corrected chi connectivity index (χ1v) is 7.94. The third-order valence-electron chi connectivity index (χ3n) is 3.68. The summed E-state index contributed by atoms with van der Waals surface area (Å²) >= 11 is 3.55. The molecular weight excluding hydrogens is 330 g/mol. The van der Waals surface area contributed by atoms with Gasteiger partial charge in [-0.2, -0.15) is 5.10 Å². The molecule has 0 saturated heterocycles. The highest BCUT2D eigenvalue weighted by Gasteiger charge is 2.11. The van der Waals surface area contributed by atoms with Crippen LogP contribution in [0.4, 0.5) is 0 Å². The number of hydrogen-bond donors (Lipinski definition) is 1. The normalized spacial score (nSPS) is 12.4. The van der Waals surface area contributed by atoms with E-state index in [2.05, 4.69) is 45.4 Å². The molecule has 0 radical (unpaired) electrons. The van der Waals surface area contributed by atoms with Crippen LogP contribution in [0.25, 0.3) is 0 Å². The second-order valence-corrected chi connectivity index (χ2v) is 5.87. The quantitative estimate of drug-likeness (QED) is 0.861. The fourth-order valence-corrected chi connectivity index (χ4v) is 2.84. The second-order valence-electron chi connectivity index (χ2n) is 5.08. The lowest BCUT2D eigenvalue weighted by atomic mass is 10.1. The highest BCUT2D eigenvalue weighted by Crippen LogP contribution is 2.23. The first kappa shape index (κ1) is 16.0. The highest BCUT2D eigenvalue weighted by atomic mass is 79.9. The van der Waals surface area contributed by atoms with Gasteiger partial charge in [0.25, 0.3) is 0 Å². The van der Waals surface area contributed by atoms with Gasteiger partial charge in [0.05, 0.1) is 15.9 Å². The number of ether oxygens (including phenoxy) is 1. The van der Waals surface area contributed by atoms with Gasteiger partial charge in [0.2, 0.25) is 0 Å². The Balaban J connectivity index is 2.04. The van der Waals surface area contributed by atoms with E-state index >= 15 is 0 Å². The predicted octanol–water partition coefficient (Wildman–Crippen LogP) is 3.74. The van der Waals surface area contributed by atoms with Gasteiger partial charge in [-0.15, -0.1) is 0 Å². The van der Waals surface area contributed by atoms with Crippen molar-refractivity contribution in [3.63, 3.8) is 0 Å². The maximum atomic E-state index is 5.86. The van der Waals surface area contributed by atoms with E-state index in [-0.39, 0.29) is 0 Å². The van der Waals surface area contributed by atoms with E-state index < -0.39 is 0 Å². The molecule has 2 aromatic rings. The highest BCUT2D eigenvalue weighted by molar-refractivity contribution is 9.10. The van der Waals surface area contributed by atoms with Gasteiger partial charge in [-0.1, -0.05) is 19.1 Å².